The highest BCUT2D eigenvalue weighted by Crippen LogP contribution is 2.49. The molecule has 7 heterocycles. The molecule has 2 aromatic carbocycles. The number of aromatic nitrogens is 6. The van der Waals surface area contributed by atoms with Crippen LogP contribution in [0.25, 0.3) is 21.8 Å². The van der Waals surface area contributed by atoms with Crippen molar-refractivity contribution in [3.8, 4) is 11.5 Å². The van der Waals surface area contributed by atoms with Crippen molar-refractivity contribution in [1.29, 1.82) is 0 Å². The largest absolute Gasteiger partial charge is 0.496 e. The molecule has 1 atom stereocenters. The van der Waals surface area contributed by atoms with E-state index in [1.807, 2.05) is 62.2 Å². The van der Waals surface area contributed by atoms with E-state index >= 15 is 8.78 Å². The van der Waals surface area contributed by atoms with Crippen molar-refractivity contribution in [2.24, 2.45) is 0 Å². The molecule has 4 aromatic heterocycles. The molecule has 3 saturated heterocycles. The Hall–Kier alpha value is -6.00. The Morgan fingerprint density at radius 3 is 1.60 bits per heavy atom. The van der Waals surface area contributed by atoms with E-state index in [-0.39, 0.29) is 24.4 Å². The minimum absolute atomic E-state index is 0.0410. The topological polar surface area (TPSA) is 149 Å². The van der Waals surface area contributed by atoms with Crippen LogP contribution in [0.2, 0.25) is 0 Å². The van der Waals surface area contributed by atoms with Gasteiger partial charge in [0, 0.05) is 63.6 Å². The molecule has 11 rings (SSSR count). The van der Waals surface area contributed by atoms with Crippen LogP contribution in [0.15, 0.2) is 73.1 Å². The SMILES string of the molecule is CC.COc1ccccc1C1CCN(c2nc(C3(F)CC3)nc3cnc(N4CCC(O)C4)cc23)CC1.COc1ccccc1C1CCN(c2nc(C3(F)CCC3)nc3cnc(N(C)CCO)cc23)CC1. The van der Waals surface area contributed by atoms with Crippen LogP contribution in [0, 0.1) is 0 Å². The number of piperidine rings is 2. The average molecular weight is 959 g/mol. The molecule has 0 radical (unpaired) electrons. The third kappa shape index (κ3) is 10.1. The average Bonchev–Trinajstić information content (AvgIpc) is 4.01. The fourth-order valence-corrected chi connectivity index (χ4v) is 10.3. The van der Waals surface area contributed by atoms with E-state index in [9.17, 15) is 10.2 Å². The quantitative estimate of drug-likeness (QED) is 0.120. The zero-order valence-electron chi connectivity index (χ0n) is 41.3. The summed E-state index contributed by atoms with van der Waals surface area (Å²) in [6.07, 6.45) is 10.5. The van der Waals surface area contributed by atoms with Crippen molar-refractivity contribution >= 4 is 45.1 Å². The number of aliphatic hydroxyl groups is 2. The number of nitrogens with zero attached hydrogens (tertiary/aromatic N) is 10. The van der Waals surface area contributed by atoms with Crippen molar-refractivity contribution in [2.75, 3.05) is 93.3 Å². The van der Waals surface area contributed by atoms with Crippen LogP contribution in [-0.2, 0) is 11.3 Å². The van der Waals surface area contributed by atoms with Crippen LogP contribution in [0.4, 0.5) is 32.1 Å². The molecule has 70 heavy (non-hydrogen) atoms. The van der Waals surface area contributed by atoms with Gasteiger partial charge in [0.2, 0.25) is 0 Å². The number of pyridine rings is 2. The van der Waals surface area contributed by atoms with E-state index in [4.69, 9.17) is 19.4 Å². The summed E-state index contributed by atoms with van der Waals surface area (Å²) in [6, 6.07) is 20.4. The van der Waals surface area contributed by atoms with E-state index < -0.39 is 11.3 Å². The Labute approximate surface area is 410 Å². The molecule has 3 aliphatic heterocycles. The Morgan fingerprint density at radius 1 is 0.657 bits per heavy atom. The molecule has 6 aromatic rings. The lowest BCUT2D eigenvalue weighted by Crippen LogP contribution is -2.36. The number of para-hydroxylation sites is 2. The number of benzene rings is 2. The highest BCUT2D eigenvalue weighted by atomic mass is 19.1. The van der Waals surface area contributed by atoms with Gasteiger partial charge in [-0.1, -0.05) is 50.2 Å². The Balaban J connectivity index is 0.000000168. The number of β-amino-alcohol motifs (C(OH)–C–C–N with tert-alkyl or cyclic N) is 1. The number of fused-ring (bicyclic) bond motifs is 2. The van der Waals surface area contributed by atoms with Crippen molar-refractivity contribution in [3.63, 3.8) is 0 Å². The maximum atomic E-state index is 15.4. The fraction of sp³-hybridized carbons (Fsp3) is 0.519. The van der Waals surface area contributed by atoms with Crippen molar-refractivity contribution in [1.82, 2.24) is 29.9 Å². The van der Waals surface area contributed by atoms with Gasteiger partial charge in [0.15, 0.2) is 23.0 Å². The van der Waals surface area contributed by atoms with E-state index in [1.165, 1.54) is 11.1 Å². The smallest absolute Gasteiger partial charge is 0.170 e. The molecule has 372 valence electrons. The summed E-state index contributed by atoms with van der Waals surface area (Å²) in [6.45, 7) is 9.15. The number of likely N-dealkylation sites (N-methyl/N-ethyl adjacent to an activating group) is 1. The summed E-state index contributed by atoms with van der Waals surface area (Å²) in [5.74, 6) is 6.39. The molecule has 1 unspecified atom stereocenters. The minimum Gasteiger partial charge on any atom is -0.496 e. The van der Waals surface area contributed by atoms with Gasteiger partial charge in [-0.25, -0.2) is 38.7 Å². The second-order valence-corrected chi connectivity index (χ2v) is 19.2. The fourth-order valence-electron chi connectivity index (χ4n) is 10.3. The highest BCUT2D eigenvalue weighted by Gasteiger charge is 2.49. The van der Waals surface area contributed by atoms with Crippen LogP contribution in [-0.4, -0.2) is 120 Å². The third-order valence-electron chi connectivity index (χ3n) is 14.8. The molecule has 14 nitrogen and oxygen atoms in total. The molecule has 16 heteroatoms. The summed E-state index contributed by atoms with van der Waals surface area (Å²) in [5, 5.41) is 21.1. The van der Waals surface area contributed by atoms with E-state index in [2.05, 4.69) is 58.9 Å². The van der Waals surface area contributed by atoms with Crippen LogP contribution < -0.4 is 29.1 Å². The first-order valence-corrected chi connectivity index (χ1v) is 25.3. The first kappa shape index (κ1) is 49.0. The maximum Gasteiger partial charge on any atom is 0.170 e. The lowest BCUT2D eigenvalue weighted by atomic mass is 9.81. The van der Waals surface area contributed by atoms with Gasteiger partial charge >= 0.3 is 0 Å². The molecule has 5 aliphatic rings. The highest BCUT2D eigenvalue weighted by molar-refractivity contribution is 5.92. The van der Waals surface area contributed by atoms with Crippen LogP contribution in [0.5, 0.6) is 11.5 Å². The van der Waals surface area contributed by atoms with Crippen molar-refractivity contribution in [2.45, 2.75) is 107 Å². The molecular formula is C54H68F2N10O4. The zero-order valence-corrected chi connectivity index (χ0v) is 41.3. The summed E-state index contributed by atoms with van der Waals surface area (Å²) in [7, 11) is 5.33. The normalized spacial score (nSPS) is 19.7. The standard InChI is InChI=1S/C26H30FN5O2.C26H32FN5O2.C2H6/c1-34-22-5-3-2-4-19(22)17-6-11-31(12-7-17)24-20-14-23(32-13-8-18(33)16-32)28-15-21(20)29-25(30-24)26(27)9-10-26;1-31(14-15-33)23-16-20-21(17-28-23)29-25(26(27)10-5-11-26)30-24(20)32-12-8-18(9-13-32)19-6-3-4-7-22(19)34-2;1-2/h2-5,14-15,17-18,33H,6-13,16H2,1H3;3-4,6-7,16-18,33H,5,8-15H2,1-2H3;1-2H3. The number of anilines is 4. The zero-order chi connectivity index (χ0) is 49.0. The Kier molecular flexibility index (Phi) is 14.8. The summed E-state index contributed by atoms with van der Waals surface area (Å²) in [4.78, 5) is 36.4. The first-order chi connectivity index (χ1) is 34.1. The van der Waals surface area contributed by atoms with Gasteiger partial charge in [-0.15, -0.1) is 0 Å². The van der Waals surface area contributed by atoms with Gasteiger partial charge in [0.1, 0.15) is 34.8 Å². The number of methoxy groups -OCH3 is 2. The molecule has 5 fully saturated rings. The number of ether oxygens (including phenoxy) is 2. The second-order valence-electron chi connectivity index (χ2n) is 19.2. The maximum absolute atomic E-state index is 15.4. The number of hydrogen-bond donors (Lipinski definition) is 2. The van der Waals surface area contributed by atoms with E-state index in [1.54, 1.807) is 26.6 Å². The van der Waals surface area contributed by atoms with Gasteiger partial charge in [0.25, 0.3) is 0 Å². The van der Waals surface area contributed by atoms with Gasteiger partial charge in [-0.05, 0) is 111 Å². The lowest BCUT2D eigenvalue weighted by Gasteiger charge is -2.36. The number of halogens is 2. The summed E-state index contributed by atoms with van der Waals surface area (Å²) in [5.41, 5.74) is 0.988. The monoisotopic (exact) mass is 959 g/mol. The van der Waals surface area contributed by atoms with E-state index in [0.29, 0.717) is 61.6 Å². The van der Waals surface area contributed by atoms with Crippen molar-refractivity contribution < 1.29 is 28.5 Å². The van der Waals surface area contributed by atoms with Gasteiger partial charge in [0.05, 0.1) is 50.4 Å². The molecule has 2 aliphatic carbocycles. The predicted molar refractivity (Wildman–Crippen MR) is 272 cm³/mol. The molecule has 2 N–H and O–H groups in total. The summed E-state index contributed by atoms with van der Waals surface area (Å²) < 4.78 is 41.6. The van der Waals surface area contributed by atoms with Crippen LogP contribution in [0.3, 0.4) is 0 Å². The Bertz CT molecular complexity index is 2740. The molecule has 0 spiro atoms. The molecular weight excluding hydrogens is 891 g/mol. The van der Waals surface area contributed by atoms with Crippen LogP contribution >= 0.6 is 0 Å². The van der Waals surface area contributed by atoms with Crippen LogP contribution in [0.1, 0.15) is 113 Å². The first-order valence-electron chi connectivity index (χ1n) is 25.3. The summed E-state index contributed by atoms with van der Waals surface area (Å²) >= 11 is 0. The van der Waals surface area contributed by atoms with Gasteiger partial charge in [-0.2, -0.15) is 0 Å². The lowest BCUT2D eigenvalue weighted by molar-refractivity contribution is 0.0512. The minimum atomic E-state index is -1.44. The van der Waals surface area contributed by atoms with Gasteiger partial charge < -0.3 is 39.3 Å². The molecule has 0 bridgehead atoms. The van der Waals surface area contributed by atoms with Gasteiger partial charge in [-0.3, -0.25) is 0 Å². The molecule has 0 amide bonds. The predicted octanol–water partition coefficient (Wildman–Crippen LogP) is 9.17. The number of alkyl halides is 2. The number of hydrogen-bond acceptors (Lipinski definition) is 14. The van der Waals surface area contributed by atoms with E-state index in [0.717, 1.165) is 117 Å². The van der Waals surface area contributed by atoms with Crippen molar-refractivity contribution in [3.05, 3.63) is 95.8 Å². The third-order valence-corrected chi connectivity index (χ3v) is 14.8. The second kappa shape index (κ2) is 21.2. The number of rotatable bonds is 12. The molecule has 2 saturated carbocycles. The Morgan fingerprint density at radius 2 is 1.14 bits per heavy atom. The number of aliphatic hydroxyl groups excluding tert-OH is 2.